The maximum Gasteiger partial charge on any atom is 0.303 e. The van der Waals surface area contributed by atoms with Crippen LogP contribution in [-0.2, 0) is 17.9 Å². The molecular weight excluding hydrogens is 258 g/mol. The van der Waals surface area contributed by atoms with Crippen molar-refractivity contribution >= 4 is 5.97 Å². The Bertz CT molecular complexity index is 394. The normalized spacial score (nSPS) is 12.5. The van der Waals surface area contributed by atoms with Crippen LogP contribution in [0.15, 0.2) is 0 Å². The molecule has 1 atom stereocenters. The Labute approximate surface area is 119 Å². The van der Waals surface area contributed by atoms with Crippen LogP contribution in [-0.4, -0.2) is 37.8 Å². The molecule has 0 aliphatic rings. The number of aryl methyl sites for hydroxylation is 1. The summed E-state index contributed by atoms with van der Waals surface area (Å²) in [6, 6.07) is 0. The second-order valence-electron chi connectivity index (χ2n) is 5.17. The predicted octanol–water partition coefficient (Wildman–Crippen LogP) is 1.45. The number of aliphatic carboxylic acids is 1. The van der Waals surface area contributed by atoms with Gasteiger partial charge in [-0.15, -0.1) is 5.10 Å². The van der Waals surface area contributed by atoms with Gasteiger partial charge < -0.3 is 10.4 Å². The molecule has 114 valence electrons. The van der Waals surface area contributed by atoms with Crippen molar-refractivity contribution < 1.29 is 9.90 Å². The lowest BCUT2D eigenvalue weighted by atomic mass is 10.0. The molecule has 20 heavy (non-hydrogen) atoms. The summed E-state index contributed by atoms with van der Waals surface area (Å²) in [4.78, 5) is 10.5. The van der Waals surface area contributed by atoms with Crippen LogP contribution in [0.4, 0.5) is 0 Å². The largest absolute Gasteiger partial charge is 0.481 e. The SMILES string of the molecule is CCCCn1nnnc1CNCCC(C)CCC(=O)O. The number of carbonyl (C=O) groups is 1. The van der Waals surface area contributed by atoms with E-state index in [-0.39, 0.29) is 6.42 Å². The van der Waals surface area contributed by atoms with Gasteiger partial charge in [-0.3, -0.25) is 4.79 Å². The Hall–Kier alpha value is -1.50. The lowest BCUT2D eigenvalue weighted by Gasteiger charge is -2.10. The molecule has 1 aromatic rings. The van der Waals surface area contributed by atoms with E-state index < -0.39 is 5.97 Å². The molecule has 0 bridgehead atoms. The van der Waals surface area contributed by atoms with Crippen molar-refractivity contribution in [1.82, 2.24) is 25.5 Å². The first kappa shape index (κ1) is 16.6. The highest BCUT2D eigenvalue weighted by Gasteiger charge is 2.07. The van der Waals surface area contributed by atoms with Crippen LogP contribution in [0.3, 0.4) is 0 Å². The predicted molar refractivity (Wildman–Crippen MR) is 75.1 cm³/mol. The third-order valence-corrected chi connectivity index (χ3v) is 3.28. The third-order valence-electron chi connectivity index (χ3n) is 3.28. The lowest BCUT2D eigenvalue weighted by Crippen LogP contribution is -2.20. The van der Waals surface area contributed by atoms with E-state index in [2.05, 4.69) is 34.7 Å². The topological polar surface area (TPSA) is 92.9 Å². The van der Waals surface area contributed by atoms with Gasteiger partial charge in [0.05, 0.1) is 6.54 Å². The summed E-state index contributed by atoms with van der Waals surface area (Å²) in [5.41, 5.74) is 0. The highest BCUT2D eigenvalue weighted by molar-refractivity contribution is 5.66. The van der Waals surface area contributed by atoms with Gasteiger partial charge in [-0.1, -0.05) is 20.3 Å². The molecule has 7 nitrogen and oxygen atoms in total. The zero-order valence-electron chi connectivity index (χ0n) is 12.4. The van der Waals surface area contributed by atoms with Gasteiger partial charge in [-0.25, -0.2) is 4.68 Å². The maximum atomic E-state index is 10.5. The summed E-state index contributed by atoms with van der Waals surface area (Å²) < 4.78 is 1.84. The van der Waals surface area contributed by atoms with Crippen molar-refractivity contribution in [3.63, 3.8) is 0 Å². The summed E-state index contributed by atoms with van der Waals surface area (Å²) in [6.07, 6.45) is 4.13. The number of carboxylic acids is 1. The molecule has 0 aromatic carbocycles. The van der Waals surface area contributed by atoms with Crippen molar-refractivity contribution in [3.8, 4) is 0 Å². The summed E-state index contributed by atoms with van der Waals surface area (Å²) in [7, 11) is 0. The molecule has 0 spiro atoms. The molecule has 0 fully saturated rings. The lowest BCUT2D eigenvalue weighted by molar-refractivity contribution is -0.137. The molecule has 0 saturated heterocycles. The molecule has 1 heterocycles. The van der Waals surface area contributed by atoms with Crippen molar-refractivity contribution in [1.29, 1.82) is 0 Å². The molecule has 0 radical (unpaired) electrons. The van der Waals surface area contributed by atoms with Crippen LogP contribution in [0, 0.1) is 5.92 Å². The molecule has 0 amide bonds. The van der Waals surface area contributed by atoms with Crippen molar-refractivity contribution in [2.45, 2.75) is 59.0 Å². The van der Waals surface area contributed by atoms with Gasteiger partial charge in [0.1, 0.15) is 0 Å². The van der Waals surface area contributed by atoms with E-state index in [1.165, 1.54) is 0 Å². The zero-order valence-corrected chi connectivity index (χ0v) is 12.4. The van der Waals surface area contributed by atoms with Gasteiger partial charge >= 0.3 is 5.97 Å². The average molecular weight is 283 g/mol. The van der Waals surface area contributed by atoms with Gasteiger partial charge in [-0.2, -0.15) is 0 Å². The van der Waals surface area contributed by atoms with Crippen LogP contribution >= 0.6 is 0 Å². The van der Waals surface area contributed by atoms with Crippen LogP contribution in [0.2, 0.25) is 0 Å². The van der Waals surface area contributed by atoms with Crippen LogP contribution in [0.5, 0.6) is 0 Å². The molecular formula is C13H25N5O2. The molecule has 0 aliphatic heterocycles. The molecule has 7 heteroatoms. The first-order valence-electron chi connectivity index (χ1n) is 7.31. The number of hydrogen-bond acceptors (Lipinski definition) is 5. The second-order valence-corrected chi connectivity index (χ2v) is 5.17. The first-order chi connectivity index (χ1) is 9.63. The quantitative estimate of drug-likeness (QED) is 0.597. The fourth-order valence-electron chi connectivity index (χ4n) is 1.89. The van der Waals surface area contributed by atoms with E-state index in [0.717, 1.165) is 44.6 Å². The average Bonchev–Trinajstić information content (AvgIpc) is 2.86. The Balaban J connectivity index is 2.17. The number of aromatic nitrogens is 4. The highest BCUT2D eigenvalue weighted by Crippen LogP contribution is 2.09. The molecule has 1 rings (SSSR count). The number of rotatable bonds is 11. The van der Waals surface area contributed by atoms with Crippen LogP contribution in [0.1, 0.15) is 51.8 Å². The number of nitrogens with one attached hydrogen (secondary N) is 1. The minimum Gasteiger partial charge on any atom is -0.481 e. The minimum atomic E-state index is -0.722. The van der Waals surface area contributed by atoms with Crippen LogP contribution in [0.25, 0.3) is 0 Å². The minimum absolute atomic E-state index is 0.246. The van der Waals surface area contributed by atoms with Crippen LogP contribution < -0.4 is 5.32 Å². The molecule has 1 unspecified atom stereocenters. The molecule has 0 saturated carbocycles. The van der Waals surface area contributed by atoms with Crippen molar-refractivity contribution in [2.24, 2.45) is 5.92 Å². The summed E-state index contributed by atoms with van der Waals surface area (Å²) in [5.74, 6) is 0.547. The maximum absolute atomic E-state index is 10.5. The third kappa shape index (κ3) is 6.60. The second kappa shape index (κ2) is 9.41. The van der Waals surface area contributed by atoms with E-state index in [4.69, 9.17) is 5.11 Å². The van der Waals surface area contributed by atoms with Gasteiger partial charge in [0.2, 0.25) is 0 Å². The van der Waals surface area contributed by atoms with Crippen molar-refractivity contribution in [3.05, 3.63) is 5.82 Å². The molecule has 1 aromatic heterocycles. The van der Waals surface area contributed by atoms with Gasteiger partial charge in [-0.05, 0) is 42.2 Å². The molecule has 2 N–H and O–H groups in total. The van der Waals surface area contributed by atoms with E-state index in [1.807, 2.05) is 4.68 Å². The Kier molecular flexibility index (Phi) is 7.79. The summed E-state index contributed by atoms with van der Waals surface area (Å²) in [6.45, 7) is 6.58. The first-order valence-corrected chi connectivity index (χ1v) is 7.31. The number of unbranched alkanes of at least 4 members (excludes halogenated alkanes) is 1. The van der Waals surface area contributed by atoms with E-state index in [0.29, 0.717) is 12.5 Å². The summed E-state index contributed by atoms with van der Waals surface area (Å²) in [5, 5.41) is 23.6. The fourth-order valence-corrected chi connectivity index (χ4v) is 1.89. The Morgan fingerprint density at radius 2 is 2.25 bits per heavy atom. The Morgan fingerprint density at radius 1 is 1.45 bits per heavy atom. The Morgan fingerprint density at radius 3 is 2.95 bits per heavy atom. The standard InChI is InChI=1S/C13H25N5O2/c1-3-4-9-18-12(15-16-17-18)10-14-8-7-11(2)5-6-13(19)20/h11,14H,3-10H2,1-2H3,(H,19,20). The molecule has 0 aliphatic carbocycles. The number of tetrazole rings is 1. The zero-order chi connectivity index (χ0) is 14.8. The fraction of sp³-hybridized carbons (Fsp3) is 0.846. The summed E-state index contributed by atoms with van der Waals surface area (Å²) >= 11 is 0. The van der Waals surface area contributed by atoms with Gasteiger partial charge in [0.15, 0.2) is 5.82 Å². The highest BCUT2D eigenvalue weighted by atomic mass is 16.4. The van der Waals surface area contributed by atoms with E-state index >= 15 is 0 Å². The number of hydrogen-bond donors (Lipinski definition) is 2. The van der Waals surface area contributed by atoms with Gasteiger partial charge in [0, 0.05) is 13.0 Å². The van der Waals surface area contributed by atoms with Gasteiger partial charge in [0.25, 0.3) is 0 Å². The van der Waals surface area contributed by atoms with E-state index in [9.17, 15) is 4.79 Å². The number of carboxylic acid groups (broad SMARTS) is 1. The van der Waals surface area contributed by atoms with E-state index in [1.54, 1.807) is 0 Å². The van der Waals surface area contributed by atoms with Crippen molar-refractivity contribution in [2.75, 3.05) is 6.54 Å². The smallest absolute Gasteiger partial charge is 0.303 e. The number of nitrogens with zero attached hydrogens (tertiary/aromatic N) is 4. The monoisotopic (exact) mass is 283 g/mol.